The molecular weight excluding hydrogens is 316 g/mol. The Morgan fingerprint density at radius 3 is 2.44 bits per heavy atom. The number of methoxy groups -OCH3 is 1. The molecule has 0 aliphatic rings. The van der Waals surface area contributed by atoms with Crippen molar-refractivity contribution in [3.05, 3.63) is 78.0 Å². The van der Waals surface area contributed by atoms with Crippen molar-refractivity contribution in [2.75, 3.05) is 17.7 Å². The summed E-state index contributed by atoms with van der Waals surface area (Å²) in [6.07, 6.45) is 0. The number of carbonyl (C=O) groups is 1. The maximum Gasteiger partial charge on any atom is 0.276 e. The van der Waals surface area contributed by atoms with Gasteiger partial charge in [-0.25, -0.2) is 0 Å². The first-order valence-corrected chi connectivity index (χ1v) is 7.82. The van der Waals surface area contributed by atoms with Gasteiger partial charge in [0.15, 0.2) is 5.69 Å². The van der Waals surface area contributed by atoms with Crippen LogP contribution in [0.2, 0.25) is 0 Å². The number of para-hydroxylation sites is 2. The van der Waals surface area contributed by atoms with Gasteiger partial charge in [0.25, 0.3) is 5.91 Å². The second-order valence-electron chi connectivity index (χ2n) is 5.29. The van der Waals surface area contributed by atoms with Crippen LogP contribution in [-0.2, 0) is 6.54 Å². The van der Waals surface area contributed by atoms with Gasteiger partial charge < -0.3 is 15.4 Å². The minimum atomic E-state index is -0.296. The SMILES string of the molecule is COc1ccccc1CNc1ccc(C(=O)Nc2ccccc2)nn1. The van der Waals surface area contributed by atoms with Crippen molar-refractivity contribution in [1.82, 2.24) is 10.2 Å². The van der Waals surface area contributed by atoms with E-state index in [4.69, 9.17) is 4.74 Å². The Hall–Kier alpha value is -3.41. The minimum absolute atomic E-state index is 0.256. The molecule has 126 valence electrons. The fourth-order valence-electron chi connectivity index (χ4n) is 2.30. The van der Waals surface area contributed by atoms with Crippen molar-refractivity contribution >= 4 is 17.4 Å². The molecular formula is C19H18N4O2. The lowest BCUT2D eigenvalue weighted by atomic mass is 10.2. The summed E-state index contributed by atoms with van der Waals surface area (Å²) in [4.78, 5) is 12.1. The number of amides is 1. The molecule has 0 spiro atoms. The van der Waals surface area contributed by atoms with E-state index in [1.165, 1.54) is 0 Å². The number of aromatic nitrogens is 2. The third-order valence-corrected chi connectivity index (χ3v) is 3.58. The average Bonchev–Trinajstić information content (AvgIpc) is 2.67. The highest BCUT2D eigenvalue weighted by molar-refractivity contribution is 6.02. The molecule has 2 N–H and O–H groups in total. The Morgan fingerprint density at radius 1 is 0.960 bits per heavy atom. The third kappa shape index (κ3) is 4.32. The Morgan fingerprint density at radius 2 is 1.72 bits per heavy atom. The predicted molar refractivity (Wildman–Crippen MR) is 96.7 cm³/mol. The fraction of sp³-hybridized carbons (Fsp3) is 0.105. The third-order valence-electron chi connectivity index (χ3n) is 3.58. The minimum Gasteiger partial charge on any atom is -0.496 e. The van der Waals surface area contributed by atoms with Gasteiger partial charge in [-0.1, -0.05) is 36.4 Å². The lowest BCUT2D eigenvalue weighted by molar-refractivity contribution is 0.102. The highest BCUT2D eigenvalue weighted by atomic mass is 16.5. The van der Waals surface area contributed by atoms with Crippen molar-refractivity contribution in [3.8, 4) is 5.75 Å². The van der Waals surface area contributed by atoms with E-state index in [9.17, 15) is 4.79 Å². The molecule has 3 aromatic rings. The summed E-state index contributed by atoms with van der Waals surface area (Å²) in [7, 11) is 1.64. The lowest BCUT2D eigenvalue weighted by Crippen LogP contribution is -2.14. The van der Waals surface area contributed by atoms with Crippen molar-refractivity contribution < 1.29 is 9.53 Å². The summed E-state index contributed by atoms with van der Waals surface area (Å²) in [5.74, 6) is 1.10. The Balaban J connectivity index is 1.61. The van der Waals surface area contributed by atoms with Gasteiger partial charge in [0.2, 0.25) is 0 Å². The summed E-state index contributed by atoms with van der Waals surface area (Å²) >= 11 is 0. The van der Waals surface area contributed by atoms with Gasteiger partial charge in [-0.05, 0) is 30.3 Å². The molecule has 6 nitrogen and oxygen atoms in total. The lowest BCUT2D eigenvalue weighted by Gasteiger charge is -2.09. The number of hydrogen-bond acceptors (Lipinski definition) is 5. The van der Waals surface area contributed by atoms with Crippen molar-refractivity contribution in [1.29, 1.82) is 0 Å². The van der Waals surface area contributed by atoms with Crippen molar-refractivity contribution in [2.45, 2.75) is 6.54 Å². The van der Waals surface area contributed by atoms with Gasteiger partial charge in [0, 0.05) is 17.8 Å². The van der Waals surface area contributed by atoms with Crippen molar-refractivity contribution in [2.24, 2.45) is 0 Å². The standard InChI is InChI=1S/C19H18N4O2/c1-25-17-10-6-5-7-14(17)13-20-18-12-11-16(22-23-18)19(24)21-15-8-3-2-4-9-15/h2-12H,13H2,1H3,(H,20,23)(H,21,24). The van der Waals surface area contributed by atoms with E-state index in [1.54, 1.807) is 19.2 Å². The van der Waals surface area contributed by atoms with Gasteiger partial charge in [-0.3, -0.25) is 4.79 Å². The molecule has 0 unspecified atom stereocenters. The van der Waals surface area contributed by atoms with Gasteiger partial charge in [-0.15, -0.1) is 10.2 Å². The summed E-state index contributed by atoms with van der Waals surface area (Å²) in [6, 6.07) is 20.3. The smallest absolute Gasteiger partial charge is 0.276 e. The maximum absolute atomic E-state index is 12.1. The van der Waals surface area contributed by atoms with Crippen LogP contribution in [0.5, 0.6) is 5.75 Å². The molecule has 0 atom stereocenters. The number of nitrogens with zero attached hydrogens (tertiary/aromatic N) is 2. The Kier molecular flexibility index (Phi) is 5.21. The van der Waals surface area contributed by atoms with Crippen LogP contribution in [0.1, 0.15) is 16.1 Å². The molecule has 0 fully saturated rings. The number of anilines is 2. The molecule has 0 aliphatic carbocycles. The molecule has 1 aromatic heterocycles. The summed E-state index contributed by atoms with van der Waals surface area (Å²) < 4.78 is 5.31. The van der Waals surface area contributed by atoms with E-state index in [0.29, 0.717) is 18.1 Å². The largest absolute Gasteiger partial charge is 0.496 e. The van der Waals surface area contributed by atoms with Crippen LogP contribution >= 0.6 is 0 Å². The molecule has 0 bridgehead atoms. The molecule has 0 aliphatic heterocycles. The van der Waals surface area contributed by atoms with E-state index in [2.05, 4.69) is 20.8 Å². The van der Waals surface area contributed by atoms with E-state index in [1.807, 2.05) is 54.6 Å². The highest BCUT2D eigenvalue weighted by Crippen LogP contribution is 2.18. The zero-order chi connectivity index (χ0) is 17.5. The van der Waals surface area contributed by atoms with E-state index in [-0.39, 0.29) is 11.6 Å². The second-order valence-corrected chi connectivity index (χ2v) is 5.29. The van der Waals surface area contributed by atoms with Crippen molar-refractivity contribution in [3.63, 3.8) is 0 Å². The van der Waals surface area contributed by atoms with Crippen LogP contribution in [0, 0.1) is 0 Å². The normalized spacial score (nSPS) is 10.1. The predicted octanol–water partition coefficient (Wildman–Crippen LogP) is 3.35. The fourth-order valence-corrected chi connectivity index (χ4v) is 2.30. The molecule has 25 heavy (non-hydrogen) atoms. The molecule has 1 heterocycles. The number of hydrogen-bond donors (Lipinski definition) is 2. The Bertz CT molecular complexity index is 836. The van der Waals surface area contributed by atoms with Gasteiger partial charge in [-0.2, -0.15) is 0 Å². The number of nitrogens with one attached hydrogen (secondary N) is 2. The van der Waals surface area contributed by atoms with Crippen LogP contribution in [-0.4, -0.2) is 23.2 Å². The molecule has 2 aromatic carbocycles. The number of rotatable bonds is 6. The zero-order valence-electron chi connectivity index (χ0n) is 13.8. The van der Waals surface area contributed by atoms with Crippen LogP contribution in [0.4, 0.5) is 11.5 Å². The molecule has 0 radical (unpaired) electrons. The van der Waals surface area contributed by atoms with Crippen LogP contribution < -0.4 is 15.4 Å². The first-order valence-electron chi connectivity index (χ1n) is 7.82. The zero-order valence-corrected chi connectivity index (χ0v) is 13.8. The van der Waals surface area contributed by atoms with Crippen LogP contribution in [0.3, 0.4) is 0 Å². The van der Waals surface area contributed by atoms with E-state index in [0.717, 1.165) is 11.3 Å². The monoisotopic (exact) mass is 334 g/mol. The van der Waals surface area contributed by atoms with Crippen LogP contribution in [0.15, 0.2) is 66.7 Å². The summed E-state index contributed by atoms with van der Waals surface area (Å²) in [5.41, 5.74) is 1.98. The molecule has 6 heteroatoms. The maximum atomic E-state index is 12.1. The topological polar surface area (TPSA) is 76.1 Å². The molecule has 1 amide bonds. The second kappa shape index (κ2) is 7.92. The Labute approximate surface area is 145 Å². The number of carbonyl (C=O) groups excluding carboxylic acids is 1. The van der Waals surface area contributed by atoms with Gasteiger partial charge in [0.1, 0.15) is 11.6 Å². The summed E-state index contributed by atoms with van der Waals surface area (Å²) in [6.45, 7) is 0.550. The quantitative estimate of drug-likeness (QED) is 0.723. The van der Waals surface area contributed by atoms with Crippen LogP contribution in [0.25, 0.3) is 0 Å². The number of ether oxygens (including phenoxy) is 1. The van der Waals surface area contributed by atoms with E-state index < -0.39 is 0 Å². The first-order chi connectivity index (χ1) is 12.3. The molecule has 0 saturated carbocycles. The van der Waals surface area contributed by atoms with Gasteiger partial charge in [0.05, 0.1) is 7.11 Å². The number of benzene rings is 2. The molecule has 3 rings (SSSR count). The highest BCUT2D eigenvalue weighted by Gasteiger charge is 2.09. The van der Waals surface area contributed by atoms with E-state index >= 15 is 0 Å². The first kappa shape index (κ1) is 16.4. The van der Waals surface area contributed by atoms with Gasteiger partial charge >= 0.3 is 0 Å². The summed E-state index contributed by atoms with van der Waals surface area (Å²) in [5, 5.41) is 14.0. The average molecular weight is 334 g/mol. The molecule has 0 saturated heterocycles.